The molecule has 0 spiro atoms. The van der Waals surface area contributed by atoms with Crippen LogP contribution in [0.15, 0.2) is 11.8 Å². The molecule has 0 unspecified atom stereocenters. The molecule has 116 valence electrons. The predicted octanol–water partition coefficient (Wildman–Crippen LogP) is 0.920. The molecule has 1 aromatic rings. The molecule has 0 bridgehead atoms. The van der Waals surface area contributed by atoms with Crippen LogP contribution in [0, 0.1) is 5.41 Å². The van der Waals surface area contributed by atoms with E-state index >= 15 is 0 Å². The highest BCUT2D eigenvalue weighted by atomic mass is 16.6. The molecular formula is C13H22N6O2. The molecule has 0 fully saturated rings. The fourth-order valence-electron chi connectivity index (χ4n) is 1.61. The number of hydrogen-bond donors (Lipinski definition) is 3. The summed E-state index contributed by atoms with van der Waals surface area (Å²) >= 11 is 0. The quantitative estimate of drug-likeness (QED) is 0.700. The van der Waals surface area contributed by atoms with Gasteiger partial charge in [0.1, 0.15) is 11.3 Å². The van der Waals surface area contributed by atoms with Gasteiger partial charge in [0.05, 0.1) is 11.9 Å². The first kappa shape index (κ1) is 16.7. The average Bonchev–Trinajstić information content (AvgIpc) is 2.78. The van der Waals surface area contributed by atoms with E-state index in [0.29, 0.717) is 17.0 Å². The van der Waals surface area contributed by atoms with E-state index < -0.39 is 11.7 Å². The topological polar surface area (TPSA) is 105 Å². The van der Waals surface area contributed by atoms with Crippen molar-refractivity contribution in [1.29, 1.82) is 5.41 Å². The molecule has 1 heterocycles. The van der Waals surface area contributed by atoms with Crippen molar-refractivity contribution in [2.75, 3.05) is 13.6 Å². The minimum atomic E-state index is -0.560. The number of alkyl carbamates (subject to hydrolysis) is 1. The lowest BCUT2D eigenvalue weighted by molar-refractivity contribution is 0.0533. The zero-order valence-corrected chi connectivity index (χ0v) is 13.0. The van der Waals surface area contributed by atoms with Crippen molar-refractivity contribution in [1.82, 2.24) is 25.6 Å². The fraction of sp³-hybridized carbons (Fsp3) is 0.538. The number of nitrogens with one attached hydrogen (secondary N) is 3. The van der Waals surface area contributed by atoms with Gasteiger partial charge in [-0.3, -0.25) is 4.68 Å². The maximum absolute atomic E-state index is 11.6. The highest BCUT2D eigenvalue weighted by Gasteiger charge is 2.17. The molecule has 8 heteroatoms. The van der Waals surface area contributed by atoms with Gasteiger partial charge in [-0.05, 0) is 20.8 Å². The van der Waals surface area contributed by atoms with Crippen LogP contribution in [0.5, 0.6) is 0 Å². The summed E-state index contributed by atoms with van der Waals surface area (Å²) in [6.45, 7) is 5.53. The monoisotopic (exact) mass is 294 g/mol. The van der Waals surface area contributed by atoms with E-state index in [9.17, 15) is 4.79 Å². The molecule has 0 aromatic carbocycles. The Kier molecular flexibility index (Phi) is 5.45. The largest absolute Gasteiger partial charge is 0.444 e. The summed E-state index contributed by atoms with van der Waals surface area (Å²) in [5.41, 5.74) is 1.25. The normalized spacial score (nSPS) is 12.4. The molecule has 0 radical (unpaired) electrons. The second kappa shape index (κ2) is 6.87. The molecule has 0 aliphatic carbocycles. The number of aryl methyl sites for hydroxylation is 1. The fourth-order valence-corrected chi connectivity index (χ4v) is 1.61. The third kappa shape index (κ3) is 5.25. The third-order valence-corrected chi connectivity index (χ3v) is 2.43. The van der Waals surface area contributed by atoms with Gasteiger partial charge in [0.25, 0.3) is 0 Å². The molecule has 0 saturated carbocycles. The molecule has 0 aliphatic rings. The van der Waals surface area contributed by atoms with E-state index in [0.717, 1.165) is 6.21 Å². The van der Waals surface area contributed by atoms with Crippen molar-refractivity contribution in [3.05, 3.63) is 17.5 Å². The van der Waals surface area contributed by atoms with Crippen LogP contribution in [-0.4, -0.2) is 46.5 Å². The second-order valence-electron chi connectivity index (χ2n) is 5.43. The summed E-state index contributed by atoms with van der Waals surface area (Å²) in [4.78, 5) is 11.6. The first-order chi connectivity index (χ1) is 9.76. The van der Waals surface area contributed by atoms with Gasteiger partial charge in [-0.1, -0.05) is 5.21 Å². The summed E-state index contributed by atoms with van der Waals surface area (Å²) in [5, 5.41) is 20.9. The lowest BCUT2D eigenvalue weighted by atomic mass is 10.1. The number of carbonyl (C=O) groups excluding carboxylic acids is 1. The second-order valence-corrected chi connectivity index (χ2v) is 5.43. The summed E-state index contributed by atoms with van der Waals surface area (Å²) in [6.07, 6.45) is 2.36. The van der Waals surface area contributed by atoms with Crippen LogP contribution < -0.4 is 10.6 Å². The first-order valence-corrected chi connectivity index (χ1v) is 6.51. The van der Waals surface area contributed by atoms with Crippen LogP contribution in [0.4, 0.5) is 4.79 Å². The van der Waals surface area contributed by atoms with Gasteiger partial charge in [0, 0.05) is 32.4 Å². The van der Waals surface area contributed by atoms with Crippen LogP contribution in [0.1, 0.15) is 26.5 Å². The number of nitrogens with zero attached hydrogens (tertiary/aromatic N) is 3. The van der Waals surface area contributed by atoms with Crippen molar-refractivity contribution >= 4 is 18.0 Å². The highest BCUT2D eigenvalue weighted by molar-refractivity contribution is 5.89. The molecule has 21 heavy (non-hydrogen) atoms. The number of amides is 1. The number of rotatable bonds is 5. The molecule has 1 rings (SSSR count). The van der Waals surface area contributed by atoms with Crippen molar-refractivity contribution in [2.45, 2.75) is 26.4 Å². The Morgan fingerprint density at radius 3 is 2.62 bits per heavy atom. The Balaban J connectivity index is 2.83. The third-order valence-electron chi connectivity index (χ3n) is 2.43. The highest BCUT2D eigenvalue weighted by Crippen LogP contribution is 2.11. The molecule has 8 nitrogen and oxygen atoms in total. The van der Waals surface area contributed by atoms with Crippen LogP contribution >= 0.6 is 0 Å². The van der Waals surface area contributed by atoms with Crippen molar-refractivity contribution < 1.29 is 9.53 Å². The molecule has 0 atom stereocenters. The minimum absolute atomic E-state index is 0.158. The van der Waals surface area contributed by atoms with E-state index in [1.807, 2.05) is 0 Å². The molecule has 0 saturated heterocycles. The average molecular weight is 294 g/mol. The van der Waals surface area contributed by atoms with Crippen molar-refractivity contribution in [2.24, 2.45) is 7.05 Å². The summed E-state index contributed by atoms with van der Waals surface area (Å²) < 4.78 is 6.72. The maximum atomic E-state index is 11.6. The molecule has 3 N–H and O–H groups in total. The van der Waals surface area contributed by atoms with Gasteiger partial charge < -0.3 is 20.8 Å². The molecule has 0 aliphatic heterocycles. The van der Waals surface area contributed by atoms with Crippen LogP contribution in [-0.2, 0) is 11.8 Å². The van der Waals surface area contributed by atoms with E-state index in [-0.39, 0.29) is 6.54 Å². The summed E-state index contributed by atoms with van der Waals surface area (Å²) in [5.74, 6) is 0. The SMILES string of the molecule is CN/C(=C(\C=N)CNC(=O)OC(C)(C)C)c1cn(C)nn1. The Bertz CT molecular complexity index is 541. The Hall–Kier alpha value is -2.38. The molecule has 1 amide bonds. The van der Waals surface area contributed by atoms with Gasteiger partial charge in [-0.2, -0.15) is 0 Å². The molecular weight excluding hydrogens is 272 g/mol. The minimum Gasteiger partial charge on any atom is -0.444 e. The summed E-state index contributed by atoms with van der Waals surface area (Å²) in [7, 11) is 3.48. The van der Waals surface area contributed by atoms with Crippen LogP contribution in [0.2, 0.25) is 0 Å². The standard InChI is InChI=1S/C13H22N6O2/c1-13(2,3)21-12(20)16-7-9(6-14)11(15-4)10-8-19(5)18-17-10/h6,8,14-15H,7H2,1-5H3,(H,16,20)/b11-9+,14-6?. The van der Waals surface area contributed by atoms with Gasteiger partial charge in [-0.25, -0.2) is 4.79 Å². The Morgan fingerprint density at radius 2 is 2.19 bits per heavy atom. The van der Waals surface area contributed by atoms with Crippen molar-refractivity contribution in [3.8, 4) is 0 Å². The lowest BCUT2D eigenvalue weighted by Crippen LogP contribution is -2.34. The number of ether oxygens (including phenoxy) is 1. The number of hydrogen-bond acceptors (Lipinski definition) is 6. The van der Waals surface area contributed by atoms with Crippen LogP contribution in [0.25, 0.3) is 5.70 Å². The van der Waals surface area contributed by atoms with Gasteiger partial charge in [-0.15, -0.1) is 5.10 Å². The molecule has 1 aromatic heterocycles. The lowest BCUT2D eigenvalue weighted by Gasteiger charge is -2.20. The smallest absolute Gasteiger partial charge is 0.407 e. The van der Waals surface area contributed by atoms with E-state index in [1.165, 1.54) is 0 Å². The van der Waals surface area contributed by atoms with Crippen LogP contribution in [0.3, 0.4) is 0 Å². The zero-order chi connectivity index (χ0) is 16.0. The van der Waals surface area contributed by atoms with E-state index in [1.54, 1.807) is 45.7 Å². The summed E-state index contributed by atoms with van der Waals surface area (Å²) in [6, 6.07) is 0. The van der Waals surface area contributed by atoms with Gasteiger partial charge in [0.2, 0.25) is 0 Å². The van der Waals surface area contributed by atoms with E-state index in [4.69, 9.17) is 10.1 Å². The maximum Gasteiger partial charge on any atom is 0.407 e. The van der Waals surface area contributed by atoms with E-state index in [2.05, 4.69) is 20.9 Å². The Labute approximate surface area is 124 Å². The van der Waals surface area contributed by atoms with Gasteiger partial charge in [0.15, 0.2) is 0 Å². The van der Waals surface area contributed by atoms with Gasteiger partial charge >= 0.3 is 6.09 Å². The van der Waals surface area contributed by atoms with Crippen molar-refractivity contribution in [3.63, 3.8) is 0 Å². The number of aromatic nitrogens is 3. The zero-order valence-electron chi connectivity index (χ0n) is 13.0. The first-order valence-electron chi connectivity index (χ1n) is 6.51. The Morgan fingerprint density at radius 1 is 1.52 bits per heavy atom. The number of carbonyl (C=O) groups is 1. The predicted molar refractivity (Wildman–Crippen MR) is 80.0 cm³/mol.